The van der Waals surface area contributed by atoms with E-state index in [1.165, 1.54) is 11.3 Å². The largest absolute Gasteiger partial charge is 0.496 e. The number of rotatable bonds is 2. The Bertz CT molecular complexity index is 1330. The van der Waals surface area contributed by atoms with E-state index < -0.39 is 0 Å². The number of benzene rings is 2. The van der Waals surface area contributed by atoms with Crippen LogP contribution in [0.5, 0.6) is 5.75 Å². The fourth-order valence-corrected chi connectivity index (χ4v) is 5.30. The molecule has 30 heavy (non-hydrogen) atoms. The van der Waals surface area contributed by atoms with Crippen LogP contribution in [0.1, 0.15) is 27.7 Å². The van der Waals surface area contributed by atoms with Gasteiger partial charge in [0.05, 0.1) is 24.0 Å². The molecule has 3 heterocycles. The van der Waals surface area contributed by atoms with Crippen molar-refractivity contribution < 1.29 is 9.53 Å². The molecule has 0 bridgehead atoms. The third-order valence-electron chi connectivity index (χ3n) is 5.71. The van der Waals surface area contributed by atoms with Crippen molar-refractivity contribution >= 4 is 43.9 Å². The number of ether oxygens (including phenoxy) is 1. The third-order valence-corrected chi connectivity index (χ3v) is 6.86. The normalized spacial score (nSPS) is 16.1. The topological polar surface area (TPSA) is 63.2 Å². The molecule has 6 heteroatoms. The van der Waals surface area contributed by atoms with Gasteiger partial charge in [-0.1, -0.05) is 6.07 Å². The molecule has 2 aromatic heterocycles. The van der Waals surface area contributed by atoms with Gasteiger partial charge in [-0.2, -0.15) is 0 Å². The number of nitrogens with zero attached hydrogens (tertiary/aromatic N) is 1. The highest BCUT2D eigenvalue weighted by molar-refractivity contribution is 7.21. The molecule has 0 aliphatic carbocycles. The zero-order valence-electron chi connectivity index (χ0n) is 17.4. The number of aromatic nitrogens is 1. The van der Waals surface area contributed by atoms with Gasteiger partial charge in [0.2, 0.25) is 0 Å². The maximum absolute atomic E-state index is 12.6. The molecule has 0 spiro atoms. The Hall–Kier alpha value is -3.12. The van der Waals surface area contributed by atoms with Crippen molar-refractivity contribution in [3.8, 4) is 17.0 Å². The summed E-state index contributed by atoms with van der Waals surface area (Å²) in [4.78, 5) is 18.3. The van der Waals surface area contributed by atoms with Gasteiger partial charge in [0.15, 0.2) is 0 Å². The van der Waals surface area contributed by atoms with E-state index in [2.05, 4.69) is 47.9 Å². The van der Waals surface area contributed by atoms with E-state index in [1.807, 2.05) is 19.9 Å². The Kier molecular flexibility index (Phi) is 4.40. The number of aryl methyl sites for hydroxylation is 2. The molecule has 0 radical (unpaired) electrons. The molecule has 5 nitrogen and oxygen atoms in total. The summed E-state index contributed by atoms with van der Waals surface area (Å²) in [7, 11) is 1.69. The zero-order chi connectivity index (χ0) is 21.0. The lowest BCUT2D eigenvalue weighted by Crippen LogP contribution is -2.34. The number of thiophene rings is 1. The van der Waals surface area contributed by atoms with Crippen LogP contribution in [-0.4, -0.2) is 30.6 Å². The summed E-state index contributed by atoms with van der Waals surface area (Å²) in [5, 5.41) is 8.65. The predicted octanol–water partition coefficient (Wildman–Crippen LogP) is 5.29. The molecule has 1 aliphatic heterocycles. The first-order valence-electron chi connectivity index (χ1n) is 10.0. The Morgan fingerprint density at radius 3 is 2.77 bits per heavy atom. The van der Waals surface area contributed by atoms with Crippen molar-refractivity contribution in [2.24, 2.45) is 0 Å². The highest BCUT2D eigenvalue weighted by Gasteiger charge is 2.24. The number of hydrogen-bond donors (Lipinski definition) is 2. The first-order valence-corrected chi connectivity index (χ1v) is 10.8. The fraction of sp³-hybridized carbons (Fsp3) is 0.250. The first-order chi connectivity index (χ1) is 14.5. The number of anilines is 1. The molecular weight excluding hydrogens is 394 g/mol. The van der Waals surface area contributed by atoms with Crippen molar-refractivity contribution in [1.82, 2.24) is 10.3 Å². The average molecular weight is 418 g/mol. The van der Waals surface area contributed by atoms with Crippen LogP contribution >= 0.6 is 11.3 Å². The molecule has 1 atom stereocenters. The van der Waals surface area contributed by atoms with E-state index in [0.717, 1.165) is 59.7 Å². The van der Waals surface area contributed by atoms with Crippen LogP contribution in [-0.2, 0) is 0 Å². The summed E-state index contributed by atoms with van der Waals surface area (Å²) >= 11 is 1.53. The number of pyridine rings is 1. The maximum Gasteiger partial charge on any atom is 0.263 e. The lowest BCUT2D eigenvalue weighted by Gasteiger charge is -2.12. The van der Waals surface area contributed by atoms with Crippen LogP contribution in [0.15, 0.2) is 36.4 Å². The number of nitrogens with one attached hydrogen (secondary N) is 2. The number of hydrogen-bond acceptors (Lipinski definition) is 5. The van der Waals surface area contributed by atoms with Crippen LogP contribution in [0.3, 0.4) is 0 Å². The second-order valence-corrected chi connectivity index (χ2v) is 8.95. The second-order valence-electron chi connectivity index (χ2n) is 7.90. The van der Waals surface area contributed by atoms with Gasteiger partial charge in [0, 0.05) is 33.6 Å². The Morgan fingerprint density at radius 1 is 1.13 bits per heavy atom. The summed E-state index contributed by atoms with van der Waals surface area (Å²) in [6.45, 7) is 6.86. The second kappa shape index (κ2) is 6.99. The van der Waals surface area contributed by atoms with Crippen LogP contribution in [0.4, 0.5) is 5.69 Å². The summed E-state index contributed by atoms with van der Waals surface area (Å²) in [6, 6.07) is 12.6. The summed E-state index contributed by atoms with van der Waals surface area (Å²) in [6.07, 6.45) is 0. The quantitative estimate of drug-likeness (QED) is 0.465. The van der Waals surface area contributed by atoms with Gasteiger partial charge in [-0.3, -0.25) is 4.79 Å². The van der Waals surface area contributed by atoms with E-state index >= 15 is 0 Å². The molecule has 4 aromatic rings. The van der Waals surface area contributed by atoms with Crippen LogP contribution in [0.2, 0.25) is 0 Å². The average Bonchev–Trinajstić information content (AvgIpc) is 3.04. The predicted molar refractivity (Wildman–Crippen MR) is 124 cm³/mol. The summed E-state index contributed by atoms with van der Waals surface area (Å²) < 4.78 is 6.61. The third kappa shape index (κ3) is 2.91. The van der Waals surface area contributed by atoms with Crippen LogP contribution in [0.25, 0.3) is 32.2 Å². The minimum Gasteiger partial charge on any atom is -0.496 e. The standard InChI is InChI=1S/C24H23N3O2S/c1-12-9-13(2)19(29-4)10-16(12)18-6-5-15-17(27-18)7-8-20-21(15)22-23(30-20)24(28)26-14(3)11-25-22/h5-10,14,25H,11H2,1-4H3,(H,26,28)/t14-/m1/s1. The zero-order valence-corrected chi connectivity index (χ0v) is 18.2. The molecule has 0 saturated carbocycles. The van der Waals surface area contributed by atoms with Crippen LogP contribution < -0.4 is 15.4 Å². The van der Waals surface area contributed by atoms with Gasteiger partial charge >= 0.3 is 0 Å². The highest BCUT2D eigenvalue weighted by atomic mass is 32.1. The van der Waals surface area contributed by atoms with E-state index in [1.54, 1.807) is 7.11 Å². The Balaban J connectivity index is 1.71. The van der Waals surface area contributed by atoms with E-state index in [0.29, 0.717) is 6.54 Å². The SMILES string of the molecule is COc1cc(-c2ccc3c(ccc4sc5c(c43)NC[C@@H](C)NC5=O)n2)c(C)cc1C. The minimum absolute atomic E-state index is 0.0104. The molecule has 0 fully saturated rings. The smallest absolute Gasteiger partial charge is 0.263 e. The van der Waals surface area contributed by atoms with Gasteiger partial charge in [0.25, 0.3) is 5.91 Å². The Labute approximate surface area is 179 Å². The highest BCUT2D eigenvalue weighted by Crippen LogP contribution is 2.41. The van der Waals surface area contributed by atoms with Gasteiger partial charge in [-0.05, 0) is 62.2 Å². The van der Waals surface area contributed by atoms with Gasteiger partial charge in [0.1, 0.15) is 10.6 Å². The maximum atomic E-state index is 12.6. The van der Waals surface area contributed by atoms with Crippen molar-refractivity contribution in [3.05, 3.63) is 52.4 Å². The molecular formula is C24H23N3O2S. The monoisotopic (exact) mass is 417 g/mol. The molecule has 0 unspecified atom stereocenters. The van der Waals surface area contributed by atoms with Crippen molar-refractivity contribution in [2.75, 3.05) is 19.0 Å². The molecule has 0 saturated heterocycles. The summed E-state index contributed by atoms with van der Waals surface area (Å²) in [5.74, 6) is 0.851. The van der Waals surface area contributed by atoms with Crippen molar-refractivity contribution in [1.29, 1.82) is 0 Å². The molecule has 152 valence electrons. The molecule has 2 aromatic carbocycles. The molecule has 5 rings (SSSR count). The fourth-order valence-electron chi connectivity index (χ4n) is 4.20. The number of amides is 1. The molecule has 2 N–H and O–H groups in total. The number of carbonyl (C=O) groups is 1. The Morgan fingerprint density at radius 2 is 1.97 bits per heavy atom. The molecule has 1 aliphatic rings. The number of fused-ring (bicyclic) bond motifs is 5. The summed E-state index contributed by atoms with van der Waals surface area (Å²) in [5.41, 5.74) is 6.09. The molecule has 1 amide bonds. The van der Waals surface area contributed by atoms with Gasteiger partial charge in [-0.25, -0.2) is 4.98 Å². The number of carbonyl (C=O) groups excluding carboxylic acids is 1. The van der Waals surface area contributed by atoms with Crippen LogP contribution in [0, 0.1) is 13.8 Å². The van der Waals surface area contributed by atoms with Crippen molar-refractivity contribution in [2.45, 2.75) is 26.8 Å². The minimum atomic E-state index is -0.0104. The van der Waals surface area contributed by atoms with E-state index in [4.69, 9.17) is 9.72 Å². The van der Waals surface area contributed by atoms with Gasteiger partial charge in [-0.15, -0.1) is 11.3 Å². The lowest BCUT2D eigenvalue weighted by atomic mass is 10.0. The lowest BCUT2D eigenvalue weighted by molar-refractivity contribution is 0.0949. The van der Waals surface area contributed by atoms with E-state index in [-0.39, 0.29) is 11.9 Å². The van der Waals surface area contributed by atoms with Crippen molar-refractivity contribution in [3.63, 3.8) is 0 Å². The van der Waals surface area contributed by atoms with E-state index in [9.17, 15) is 4.79 Å². The number of methoxy groups -OCH3 is 1. The first kappa shape index (κ1) is 18.9. The van der Waals surface area contributed by atoms with Gasteiger partial charge < -0.3 is 15.4 Å².